The quantitative estimate of drug-likeness (QED) is 0.419. The van der Waals surface area contributed by atoms with Crippen LogP contribution in [0.3, 0.4) is 0 Å². The highest BCUT2D eigenvalue weighted by Crippen LogP contribution is 2.33. The SMILES string of the molecule is Cc1cc(-c2ccccc2)c(/C=C/C(=O)OC(C)(C)C)c2ccccc12. The largest absolute Gasteiger partial charge is 0.457 e. The Bertz CT molecular complexity index is 961. The Balaban J connectivity index is 2.15. The average molecular weight is 344 g/mol. The molecule has 0 aromatic heterocycles. The molecular weight excluding hydrogens is 320 g/mol. The number of hydrogen-bond acceptors (Lipinski definition) is 2. The smallest absolute Gasteiger partial charge is 0.331 e. The van der Waals surface area contributed by atoms with Crippen molar-refractivity contribution in [3.63, 3.8) is 0 Å². The molecule has 0 unspecified atom stereocenters. The first-order valence-electron chi connectivity index (χ1n) is 8.84. The standard InChI is InChI=1S/C24H24O2/c1-17-16-22(18-10-6-5-7-11-18)21(20-13-9-8-12-19(17)20)14-15-23(25)26-24(2,3)4/h5-16H,1-4H3/b15-14+. The van der Waals surface area contributed by atoms with E-state index in [0.717, 1.165) is 22.1 Å². The fourth-order valence-electron chi connectivity index (χ4n) is 3.10. The van der Waals surface area contributed by atoms with Gasteiger partial charge in [0.05, 0.1) is 0 Å². The van der Waals surface area contributed by atoms with Crippen LogP contribution in [0.15, 0.2) is 66.7 Å². The number of esters is 1. The van der Waals surface area contributed by atoms with E-state index >= 15 is 0 Å². The van der Waals surface area contributed by atoms with Gasteiger partial charge in [-0.25, -0.2) is 4.79 Å². The van der Waals surface area contributed by atoms with Crippen molar-refractivity contribution in [2.24, 2.45) is 0 Å². The van der Waals surface area contributed by atoms with E-state index in [1.807, 2.05) is 57.2 Å². The number of aryl methyl sites for hydroxylation is 1. The van der Waals surface area contributed by atoms with Crippen molar-refractivity contribution in [1.82, 2.24) is 0 Å². The molecule has 0 spiro atoms. The molecule has 0 fully saturated rings. The first-order valence-corrected chi connectivity index (χ1v) is 8.84. The molecule has 0 heterocycles. The normalized spacial score (nSPS) is 11.8. The first-order chi connectivity index (χ1) is 12.3. The maximum atomic E-state index is 12.2. The van der Waals surface area contributed by atoms with E-state index in [-0.39, 0.29) is 5.97 Å². The predicted molar refractivity (Wildman–Crippen MR) is 109 cm³/mol. The molecule has 0 aliphatic carbocycles. The Kier molecular flexibility index (Phi) is 4.94. The van der Waals surface area contributed by atoms with Crippen molar-refractivity contribution >= 4 is 22.8 Å². The molecule has 2 nitrogen and oxygen atoms in total. The Hall–Kier alpha value is -2.87. The number of carbonyl (C=O) groups is 1. The van der Waals surface area contributed by atoms with Gasteiger partial charge in [-0.3, -0.25) is 0 Å². The highest BCUT2D eigenvalue weighted by molar-refractivity contribution is 6.01. The molecule has 0 radical (unpaired) electrons. The van der Waals surface area contributed by atoms with Crippen molar-refractivity contribution in [2.45, 2.75) is 33.3 Å². The zero-order chi connectivity index (χ0) is 18.7. The Morgan fingerprint density at radius 3 is 2.19 bits per heavy atom. The molecule has 0 atom stereocenters. The number of carbonyl (C=O) groups excluding carboxylic acids is 1. The summed E-state index contributed by atoms with van der Waals surface area (Å²) in [6.45, 7) is 7.73. The zero-order valence-corrected chi connectivity index (χ0v) is 15.7. The molecule has 0 N–H and O–H groups in total. The molecule has 132 valence electrons. The second-order valence-corrected chi connectivity index (χ2v) is 7.43. The molecule has 3 rings (SSSR count). The molecule has 0 saturated carbocycles. The van der Waals surface area contributed by atoms with Gasteiger partial charge in [0.15, 0.2) is 0 Å². The first kappa shape index (κ1) is 17.9. The molecule has 0 aliphatic rings. The van der Waals surface area contributed by atoms with Gasteiger partial charge in [-0.15, -0.1) is 0 Å². The lowest BCUT2D eigenvalue weighted by molar-refractivity contribution is -0.148. The lowest BCUT2D eigenvalue weighted by atomic mass is 9.91. The molecule has 0 bridgehead atoms. The Labute approximate surface area is 155 Å². The summed E-state index contributed by atoms with van der Waals surface area (Å²) in [6.07, 6.45) is 3.40. The molecule has 3 aromatic rings. The number of ether oxygens (including phenoxy) is 1. The minimum atomic E-state index is -0.501. The van der Waals surface area contributed by atoms with E-state index < -0.39 is 5.60 Å². The summed E-state index contributed by atoms with van der Waals surface area (Å²) in [4.78, 5) is 12.2. The van der Waals surface area contributed by atoms with Gasteiger partial charge in [0, 0.05) is 6.08 Å². The maximum Gasteiger partial charge on any atom is 0.331 e. The van der Waals surface area contributed by atoms with E-state index in [1.165, 1.54) is 17.0 Å². The van der Waals surface area contributed by atoms with Crippen LogP contribution in [0.25, 0.3) is 28.0 Å². The van der Waals surface area contributed by atoms with Gasteiger partial charge >= 0.3 is 5.97 Å². The Morgan fingerprint density at radius 2 is 1.54 bits per heavy atom. The predicted octanol–water partition coefficient (Wildman–Crippen LogP) is 6.17. The summed E-state index contributed by atoms with van der Waals surface area (Å²) in [5, 5.41) is 2.32. The van der Waals surface area contributed by atoms with Crippen molar-refractivity contribution < 1.29 is 9.53 Å². The van der Waals surface area contributed by atoms with Gasteiger partial charge in [-0.2, -0.15) is 0 Å². The molecule has 2 heteroatoms. The summed E-state index contributed by atoms with van der Waals surface area (Å²) in [5.74, 6) is -0.332. The summed E-state index contributed by atoms with van der Waals surface area (Å²) < 4.78 is 5.42. The van der Waals surface area contributed by atoms with Gasteiger partial charge in [0.25, 0.3) is 0 Å². The third-order valence-corrected chi connectivity index (χ3v) is 4.17. The van der Waals surface area contributed by atoms with Crippen LogP contribution < -0.4 is 0 Å². The van der Waals surface area contributed by atoms with Gasteiger partial charge < -0.3 is 4.74 Å². The van der Waals surface area contributed by atoms with Crippen LogP contribution in [-0.4, -0.2) is 11.6 Å². The van der Waals surface area contributed by atoms with E-state index in [9.17, 15) is 4.79 Å². The summed E-state index contributed by atoms with van der Waals surface area (Å²) in [7, 11) is 0. The summed E-state index contributed by atoms with van der Waals surface area (Å²) in [5.41, 5.74) is 3.99. The topological polar surface area (TPSA) is 26.3 Å². The van der Waals surface area contributed by atoms with Gasteiger partial charge in [0.2, 0.25) is 0 Å². The van der Waals surface area contributed by atoms with Crippen molar-refractivity contribution in [2.75, 3.05) is 0 Å². The highest BCUT2D eigenvalue weighted by Gasteiger charge is 2.15. The van der Waals surface area contributed by atoms with Crippen molar-refractivity contribution in [3.8, 4) is 11.1 Å². The third-order valence-electron chi connectivity index (χ3n) is 4.17. The van der Waals surface area contributed by atoms with E-state index in [2.05, 4.69) is 37.3 Å². The fourth-order valence-corrected chi connectivity index (χ4v) is 3.10. The maximum absolute atomic E-state index is 12.2. The molecule has 0 aliphatic heterocycles. The third kappa shape index (κ3) is 4.02. The number of hydrogen-bond donors (Lipinski definition) is 0. The van der Waals surface area contributed by atoms with Crippen LogP contribution in [-0.2, 0) is 9.53 Å². The van der Waals surface area contributed by atoms with Crippen LogP contribution in [0.5, 0.6) is 0 Å². The summed E-state index contributed by atoms with van der Waals surface area (Å²) in [6, 6.07) is 20.7. The van der Waals surface area contributed by atoms with Crippen LogP contribution in [0, 0.1) is 6.92 Å². The average Bonchev–Trinajstić information content (AvgIpc) is 2.60. The van der Waals surface area contributed by atoms with Crippen LogP contribution in [0.2, 0.25) is 0 Å². The minimum Gasteiger partial charge on any atom is -0.457 e. The van der Waals surface area contributed by atoms with Crippen LogP contribution >= 0.6 is 0 Å². The fraction of sp³-hybridized carbons (Fsp3) is 0.208. The molecule has 3 aromatic carbocycles. The van der Waals surface area contributed by atoms with Crippen molar-refractivity contribution in [3.05, 3.63) is 77.9 Å². The van der Waals surface area contributed by atoms with E-state index in [1.54, 1.807) is 0 Å². The lowest BCUT2D eigenvalue weighted by Crippen LogP contribution is -2.22. The minimum absolute atomic E-state index is 0.332. The van der Waals surface area contributed by atoms with Gasteiger partial charge in [-0.1, -0.05) is 60.7 Å². The molecule has 26 heavy (non-hydrogen) atoms. The monoisotopic (exact) mass is 344 g/mol. The number of rotatable bonds is 3. The molecular formula is C24H24O2. The number of fused-ring (bicyclic) bond motifs is 1. The lowest BCUT2D eigenvalue weighted by Gasteiger charge is -2.18. The molecule has 0 saturated heterocycles. The second kappa shape index (κ2) is 7.17. The van der Waals surface area contributed by atoms with Crippen LogP contribution in [0.4, 0.5) is 0 Å². The van der Waals surface area contributed by atoms with Crippen LogP contribution in [0.1, 0.15) is 31.9 Å². The number of benzene rings is 3. The summed E-state index contributed by atoms with van der Waals surface area (Å²) >= 11 is 0. The van der Waals surface area contributed by atoms with Crippen molar-refractivity contribution in [1.29, 1.82) is 0 Å². The van der Waals surface area contributed by atoms with Gasteiger partial charge in [-0.05, 0) is 66.8 Å². The highest BCUT2D eigenvalue weighted by atomic mass is 16.6. The zero-order valence-electron chi connectivity index (χ0n) is 15.7. The Morgan fingerprint density at radius 1 is 0.923 bits per heavy atom. The van der Waals surface area contributed by atoms with E-state index in [4.69, 9.17) is 4.74 Å². The van der Waals surface area contributed by atoms with Gasteiger partial charge in [0.1, 0.15) is 5.60 Å². The molecule has 0 amide bonds. The second-order valence-electron chi connectivity index (χ2n) is 7.43. The van der Waals surface area contributed by atoms with E-state index in [0.29, 0.717) is 0 Å².